The van der Waals surface area contributed by atoms with Gasteiger partial charge in [-0.15, -0.1) is 0 Å². The monoisotopic (exact) mass is 407 g/mol. The Hall–Kier alpha value is -2.53. The van der Waals surface area contributed by atoms with Gasteiger partial charge in [0.1, 0.15) is 0 Å². The highest BCUT2D eigenvalue weighted by Crippen LogP contribution is 2.25. The second-order valence-electron chi connectivity index (χ2n) is 8.53. The first kappa shape index (κ1) is 20.7. The molecule has 4 rings (SSSR count). The first-order valence-corrected chi connectivity index (χ1v) is 11.1. The summed E-state index contributed by atoms with van der Waals surface area (Å²) in [5, 5.41) is 3.15. The highest BCUT2D eigenvalue weighted by Gasteiger charge is 2.17. The molecule has 1 fully saturated rings. The maximum absolute atomic E-state index is 12.7. The van der Waals surface area contributed by atoms with Crippen molar-refractivity contribution in [1.29, 1.82) is 0 Å². The number of fused-ring (bicyclic) bond motifs is 1. The third kappa shape index (κ3) is 4.96. The molecule has 1 atom stereocenters. The highest BCUT2D eigenvalue weighted by molar-refractivity contribution is 5.74. The van der Waals surface area contributed by atoms with Crippen LogP contribution in [0.15, 0.2) is 42.5 Å². The van der Waals surface area contributed by atoms with Gasteiger partial charge in [0, 0.05) is 32.4 Å². The molecular weight excluding hydrogens is 374 g/mol. The van der Waals surface area contributed by atoms with Crippen LogP contribution in [0.3, 0.4) is 0 Å². The SMILES string of the molecule is CC(NC(=O)N(C)Cc1ccc(N2CCOCC2)cc1)c1ccc2c(c1)CCCC2. The average Bonchev–Trinajstić information content (AvgIpc) is 2.79. The molecule has 0 bridgehead atoms. The summed E-state index contributed by atoms with van der Waals surface area (Å²) in [5.41, 5.74) is 6.46. The third-order valence-corrected chi connectivity index (χ3v) is 6.29. The van der Waals surface area contributed by atoms with Crippen molar-refractivity contribution < 1.29 is 9.53 Å². The van der Waals surface area contributed by atoms with Gasteiger partial charge < -0.3 is 19.9 Å². The summed E-state index contributed by atoms with van der Waals surface area (Å²) in [4.78, 5) is 16.8. The van der Waals surface area contributed by atoms with Crippen LogP contribution in [-0.4, -0.2) is 44.3 Å². The topological polar surface area (TPSA) is 44.8 Å². The van der Waals surface area contributed by atoms with Gasteiger partial charge in [-0.25, -0.2) is 4.79 Å². The van der Waals surface area contributed by atoms with Crippen molar-refractivity contribution in [3.05, 3.63) is 64.7 Å². The Morgan fingerprint density at radius 3 is 2.50 bits per heavy atom. The third-order valence-electron chi connectivity index (χ3n) is 6.29. The number of nitrogens with one attached hydrogen (secondary N) is 1. The average molecular weight is 408 g/mol. The molecule has 0 aromatic heterocycles. The number of aryl methyl sites for hydroxylation is 2. The fourth-order valence-electron chi connectivity index (χ4n) is 4.38. The second kappa shape index (κ2) is 9.52. The zero-order valence-electron chi connectivity index (χ0n) is 18.2. The molecule has 1 unspecified atom stereocenters. The molecule has 1 heterocycles. The Bertz CT molecular complexity index is 859. The van der Waals surface area contributed by atoms with E-state index in [4.69, 9.17) is 4.74 Å². The van der Waals surface area contributed by atoms with Crippen LogP contribution in [0.4, 0.5) is 10.5 Å². The van der Waals surface area contributed by atoms with E-state index in [1.807, 2.05) is 7.05 Å². The Balaban J connectivity index is 1.32. The Morgan fingerprint density at radius 2 is 1.77 bits per heavy atom. The number of morpholine rings is 1. The van der Waals surface area contributed by atoms with Gasteiger partial charge in [-0.05, 0) is 67.0 Å². The van der Waals surface area contributed by atoms with Gasteiger partial charge in [-0.3, -0.25) is 0 Å². The van der Waals surface area contributed by atoms with Gasteiger partial charge in [-0.2, -0.15) is 0 Å². The number of carbonyl (C=O) groups is 1. The first-order valence-electron chi connectivity index (χ1n) is 11.1. The smallest absolute Gasteiger partial charge is 0.317 e. The zero-order valence-corrected chi connectivity index (χ0v) is 18.2. The van der Waals surface area contributed by atoms with Gasteiger partial charge in [0.15, 0.2) is 0 Å². The molecule has 5 nitrogen and oxygen atoms in total. The van der Waals surface area contributed by atoms with Crippen molar-refractivity contribution in [3.63, 3.8) is 0 Å². The van der Waals surface area contributed by atoms with Gasteiger partial charge in [0.2, 0.25) is 0 Å². The quantitative estimate of drug-likeness (QED) is 0.804. The standard InChI is InChI=1S/C25H33N3O2/c1-19(22-10-9-21-5-3-4-6-23(21)17-22)26-25(29)27(2)18-20-7-11-24(12-8-20)28-13-15-30-16-14-28/h7-12,17,19H,3-6,13-16,18H2,1-2H3,(H,26,29). The number of anilines is 1. The summed E-state index contributed by atoms with van der Waals surface area (Å²) in [7, 11) is 1.85. The lowest BCUT2D eigenvalue weighted by Crippen LogP contribution is -2.38. The number of urea groups is 1. The van der Waals surface area contributed by atoms with Gasteiger partial charge in [-0.1, -0.05) is 30.3 Å². The number of rotatable bonds is 5. The number of ether oxygens (including phenoxy) is 1. The van der Waals surface area contributed by atoms with Crippen molar-refractivity contribution >= 4 is 11.7 Å². The van der Waals surface area contributed by atoms with E-state index < -0.39 is 0 Å². The molecule has 2 amide bonds. The van der Waals surface area contributed by atoms with Crippen LogP contribution in [0.2, 0.25) is 0 Å². The van der Waals surface area contributed by atoms with E-state index in [1.165, 1.54) is 41.6 Å². The van der Waals surface area contributed by atoms with E-state index in [0.717, 1.165) is 38.3 Å². The fourth-order valence-corrected chi connectivity index (χ4v) is 4.38. The van der Waals surface area contributed by atoms with Crippen molar-refractivity contribution in [3.8, 4) is 0 Å². The van der Waals surface area contributed by atoms with E-state index in [2.05, 4.69) is 59.6 Å². The fraction of sp³-hybridized carbons (Fsp3) is 0.480. The predicted molar refractivity (Wildman–Crippen MR) is 121 cm³/mol. The van der Waals surface area contributed by atoms with Crippen molar-refractivity contribution in [2.45, 2.75) is 45.2 Å². The molecule has 30 heavy (non-hydrogen) atoms. The van der Waals surface area contributed by atoms with E-state index >= 15 is 0 Å². The summed E-state index contributed by atoms with van der Waals surface area (Å²) in [6.45, 7) is 6.09. The van der Waals surface area contributed by atoms with Crippen LogP contribution in [0.1, 0.15) is 48.1 Å². The maximum Gasteiger partial charge on any atom is 0.317 e. The van der Waals surface area contributed by atoms with Crippen LogP contribution < -0.4 is 10.2 Å². The minimum Gasteiger partial charge on any atom is -0.378 e. The molecule has 160 valence electrons. The molecule has 1 N–H and O–H groups in total. The number of hydrogen-bond acceptors (Lipinski definition) is 3. The van der Waals surface area contributed by atoms with Crippen molar-refractivity contribution in [2.24, 2.45) is 0 Å². The van der Waals surface area contributed by atoms with Crippen LogP contribution >= 0.6 is 0 Å². The van der Waals surface area contributed by atoms with Gasteiger partial charge in [0.25, 0.3) is 0 Å². The summed E-state index contributed by atoms with van der Waals surface area (Å²) in [6.07, 6.45) is 4.90. The number of benzene rings is 2. The highest BCUT2D eigenvalue weighted by atomic mass is 16.5. The molecule has 1 saturated heterocycles. The summed E-state index contributed by atoms with van der Waals surface area (Å²) in [5.74, 6) is 0. The van der Waals surface area contributed by atoms with E-state index in [1.54, 1.807) is 4.90 Å². The molecule has 2 aromatic carbocycles. The number of amides is 2. The minimum absolute atomic E-state index is 0.00382. The van der Waals surface area contributed by atoms with E-state index in [-0.39, 0.29) is 12.1 Å². The molecule has 0 radical (unpaired) electrons. The molecule has 0 saturated carbocycles. The first-order chi connectivity index (χ1) is 14.6. The van der Waals surface area contributed by atoms with E-state index in [0.29, 0.717) is 6.54 Å². The van der Waals surface area contributed by atoms with Crippen LogP contribution in [-0.2, 0) is 24.1 Å². The largest absolute Gasteiger partial charge is 0.378 e. The summed E-state index contributed by atoms with van der Waals surface area (Å²) < 4.78 is 5.42. The Labute approximate surface area is 180 Å². The van der Waals surface area contributed by atoms with E-state index in [9.17, 15) is 4.79 Å². The zero-order chi connectivity index (χ0) is 20.9. The number of nitrogens with zero attached hydrogens (tertiary/aromatic N) is 2. The van der Waals surface area contributed by atoms with Gasteiger partial charge in [0.05, 0.1) is 19.3 Å². The van der Waals surface area contributed by atoms with Crippen molar-refractivity contribution in [1.82, 2.24) is 10.2 Å². The lowest BCUT2D eigenvalue weighted by molar-refractivity contribution is 0.122. The molecule has 2 aromatic rings. The molecular formula is C25H33N3O2. The molecule has 0 spiro atoms. The van der Waals surface area contributed by atoms with Crippen LogP contribution in [0, 0.1) is 0 Å². The second-order valence-corrected chi connectivity index (χ2v) is 8.53. The minimum atomic E-state index is -0.0440. The lowest BCUT2D eigenvalue weighted by Gasteiger charge is -2.29. The summed E-state index contributed by atoms with van der Waals surface area (Å²) >= 11 is 0. The molecule has 1 aliphatic carbocycles. The molecule has 1 aliphatic heterocycles. The predicted octanol–water partition coefficient (Wildman–Crippen LogP) is 4.30. The number of carbonyl (C=O) groups excluding carboxylic acids is 1. The number of hydrogen-bond donors (Lipinski definition) is 1. The Kier molecular flexibility index (Phi) is 6.58. The van der Waals surface area contributed by atoms with Crippen LogP contribution in [0.25, 0.3) is 0 Å². The molecule has 2 aliphatic rings. The summed E-state index contributed by atoms with van der Waals surface area (Å²) in [6, 6.07) is 15.1. The molecule has 5 heteroatoms. The van der Waals surface area contributed by atoms with Crippen LogP contribution in [0.5, 0.6) is 0 Å². The Morgan fingerprint density at radius 1 is 1.07 bits per heavy atom. The normalized spacial score (nSPS) is 17.2. The maximum atomic E-state index is 12.7. The lowest BCUT2D eigenvalue weighted by atomic mass is 9.89. The van der Waals surface area contributed by atoms with Gasteiger partial charge >= 0.3 is 6.03 Å². The van der Waals surface area contributed by atoms with Crippen molar-refractivity contribution in [2.75, 3.05) is 38.3 Å².